The van der Waals surface area contributed by atoms with Crippen LogP contribution in [0.25, 0.3) is 16.7 Å². The molecule has 0 bridgehead atoms. The van der Waals surface area contributed by atoms with Crippen LogP contribution in [0.15, 0.2) is 91.1 Å². The summed E-state index contributed by atoms with van der Waals surface area (Å²) < 4.78 is 1.81. The summed E-state index contributed by atoms with van der Waals surface area (Å²) in [5.41, 5.74) is 3.79. The van der Waals surface area contributed by atoms with Crippen LogP contribution < -0.4 is 10.2 Å². The average molecular weight is 538 g/mol. The molecule has 0 radical (unpaired) electrons. The molecule has 1 aliphatic heterocycles. The highest BCUT2D eigenvalue weighted by Gasteiger charge is 2.25. The van der Waals surface area contributed by atoms with Crippen LogP contribution in [0.3, 0.4) is 0 Å². The predicted molar refractivity (Wildman–Crippen MR) is 153 cm³/mol. The molecule has 1 N–H and O–H groups in total. The molecule has 1 saturated heterocycles. The number of amides is 2. The number of carbonyl (C=O) groups excluding carboxylic acids is 1. The molecule has 196 valence electrons. The fourth-order valence-corrected chi connectivity index (χ4v) is 5.02. The number of hydrogen-bond donors (Lipinski definition) is 1. The van der Waals surface area contributed by atoms with Gasteiger partial charge >= 0.3 is 6.03 Å². The molecule has 9 heteroatoms. The van der Waals surface area contributed by atoms with Crippen molar-refractivity contribution in [3.05, 3.63) is 113 Å². The van der Waals surface area contributed by atoms with E-state index < -0.39 is 0 Å². The first kappa shape index (κ1) is 24.9. The number of urea groups is 1. The van der Waals surface area contributed by atoms with E-state index in [0.717, 1.165) is 39.5 Å². The summed E-state index contributed by atoms with van der Waals surface area (Å²) in [6.07, 6.45) is 2.42. The molecule has 3 heterocycles. The maximum atomic E-state index is 12.8. The van der Waals surface area contributed by atoms with Gasteiger partial charge in [0.25, 0.3) is 0 Å². The monoisotopic (exact) mass is 537 g/mol. The molecule has 1 fully saturated rings. The van der Waals surface area contributed by atoms with Crippen LogP contribution in [0, 0.1) is 0 Å². The normalized spacial score (nSPS) is 13.6. The summed E-state index contributed by atoms with van der Waals surface area (Å²) in [6.45, 7) is 3.04. The third-order valence-electron chi connectivity index (χ3n) is 6.87. The van der Waals surface area contributed by atoms with Gasteiger partial charge in [0.15, 0.2) is 5.65 Å². The molecule has 0 atom stereocenters. The lowest BCUT2D eigenvalue weighted by Gasteiger charge is -2.35. The molecule has 5 aromatic rings. The summed E-state index contributed by atoms with van der Waals surface area (Å²) in [5, 5.41) is 9.20. The second-order valence-electron chi connectivity index (χ2n) is 9.52. The molecule has 1 aliphatic rings. The smallest absolute Gasteiger partial charge is 0.317 e. The standard InChI is InChI=1S/C30H28ClN7O/c31-24-12-7-13-25(19-24)38-29-26(21-33-38)28(34-27(35-29)18-22-8-3-1-4-9-22)36-14-16-37(17-15-36)30(39)32-20-23-10-5-2-6-11-23/h1-13,19,21H,14-18,20H2,(H,32,39). The molecule has 0 aliphatic carbocycles. The Morgan fingerprint density at radius 2 is 1.56 bits per heavy atom. The van der Waals surface area contributed by atoms with Gasteiger partial charge in [0.1, 0.15) is 11.6 Å². The lowest BCUT2D eigenvalue weighted by Crippen LogP contribution is -2.52. The van der Waals surface area contributed by atoms with Crippen molar-refractivity contribution in [2.45, 2.75) is 13.0 Å². The molecule has 39 heavy (non-hydrogen) atoms. The van der Waals surface area contributed by atoms with Gasteiger partial charge in [-0.2, -0.15) is 5.10 Å². The SMILES string of the molecule is O=C(NCc1ccccc1)N1CCN(c2nc(Cc3ccccc3)nc3c2cnn3-c2cccc(Cl)c2)CC1. The lowest BCUT2D eigenvalue weighted by molar-refractivity contribution is 0.194. The Balaban J connectivity index is 1.26. The highest BCUT2D eigenvalue weighted by Crippen LogP contribution is 2.28. The predicted octanol–water partition coefficient (Wildman–Crippen LogP) is 5.09. The largest absolute Gasteiger partial charge is 0.352 e. The Morgan fingerprint density at radius 1 is 0.846 bits per heavy atom. The summed E-state index contributed by atoms with van der Waals surface area (Å²) in [6, 6.07) is 27.7. The van der Waals surface area contributed by atoms with E-state index in [1.165, 1.54) is 0 Å². The summed E-state index contributed by atoms with van der Waals surface area (Å²) in [4.78, 5) is 26.8. The molecule has 0 spiro atoms. The van der Waals surface area contributed by atoms with Gasteiger partial charge in [-0.1, -0.05) is 78.3 Å². The highest BCUT2D eigenvalue weighted by atomic mass is 35.5. The average Bonchev–Trinajstić information content (AvgIpc) is 3.41. The molecular weight excluding hydrogens is 510 g/mol. The Kier molecular flexibility index (Phi) is 7.10. The summed E-state index contributed by atoms with van der Waals surface area (Å²) in [7, 11) is 0. The minimum absolute atomic E-state index is 0.0510. The molecule has 2 amide bonds. The van der Waals surface area contributed by atoms with Crippen molar-refractivity contribution >= 4 is 34.5 Å². The first-order chi connectivity index (χ1) is 19.1. The first-order valence-corrected chi connectivity index (χ1v) is 13.4. The van der Waals surface area contributed by atoms with Crippen molar-refractivity contribution in [1.29, 1.82) is 0 Å². The van der Waals surface area contributed by atoms with Gasteiger partial charge in [0.05, 0.1) is 17.3 Å². The first-order valence-electron chi connectivity index (χ1n) is 13.0. The third kappa shape index (κ3) is 5.56. The van der Waals surface area contributed by atoms with E-state index in [1.54, 1.807) is 0 Å². The van der Waals surface area contributed by atoms with Crippen LogP contribution in [-0.4, -0.2) is 56.9 Å². The van der Waals surface area contributed by atoms with Crippen molar-refractivity contribution in [2.24, 2.45) is 0 Å². The number of nitrogens with zero attached hydrogens (tertiary/aromatic N) is 6. The van der Waals surface area contributed by atoms with E-state index in [4.69, 9.17) is 21.6 Å². The zero-order chi connectivity index (χ0) is 26.6. The van der Waals surface area contributed by atoms with Gasteiger partial charge in [0, 0.05) is 44.2 Å². The third-order valence-corrected chi connectivity index (χ3v) is 7.10. The fraction of sp³-hybridized carbons (Fsp3) is 0.200. The zero-order valence-electron chi connectivity index (χ0n) is 21.4. The van der Waals surface area contributed by atoms with E-state index >= 15 is 0 Å². The molecule has 2 aromatic heterocycles. The van der Waals surface area contributed by atoms with E-state index in [9.17, 15) is 4.79 Å². The van der Waals surface area contributed by atoms with Crippen LogP contribution in [-0.2, 0) is 13.0 Å². The number of halogens is 1. The maximum absolute atomic E-state index is 12.8. The van der Waals surface area contributed by atoms with Crippen LogP contribution in [0.2, 0.25) is 5.02 Å². The van der Waals surface area contributed by atoms with Crippen molar-refractivity contribution in [1.82, 2.24) is 30.0 Å². The Labute approximate surface area is 231 Å². The van der Waals surface area contributed by atoms with Gasteiger partial charge in [-0.3, -0.25) is 0 Å². The molecule has 0 saturated carbocycles. The summed E-state index contributed by atoms with van der Waals surface area (Å²) in [5.74, 6) is 1.55. The molecule has 0 unspecified atom stereocenters. The van der Waals surface area contributed by atoms with E-state index in [-0.39, 0.29) is 6.03 Å². The topological polar surface area (TPSA) is 79.2 Å². The number of aromatic nitrogens is 4. The highest BCUT2D eigenvalue weighted by molar-refractivity contribution is 6.30. The number of carbonyl (C=O) groups is 1. The van der Waals surface area contributed by atoms with Crippen LogP contribution in [0.5, 0.6) is 0 Å². The van der Waals surface area contributed by atoms with Gasteiger partial charge in [-0.25, -0.2) is 19.4 Å². The van der Waals surface area contributed by atoms with Gasteiger partial charge < -0.3 is 15.1 Å². The minimum atomic E-state index is -0.0510. The number of rotatable bonds is 6. The fourth-order valence-electron chi connectivity index (χ4n) is 4.84. The second-order valence-corrected chi connectivity index (χ2v) is 9.95. The number of nitrogens with one attached hydrogen (secondary N) is 1. The van der Waals surface area contributed by atoms with Gasteiger partial charge in [-0.15, -0.1) is 0 Å². The number of piperazine rings is 1. The van der Waals surface area contributed by atoms with E-state index in [2.05, 4.69) is 27.4 Å². The molecule has 8 nitrogen and oxygen atoms in total. The molecule has 3 aromatic carbocycles. The van der Waals surface area contributed by atoms with Crippen molar-refractivity contribution in [2.75, 3.05) is 31.1 Å². The van der Waals surface area contributed by atoms with Gasteiger partial charge in [0.2, 0.25) is 0 Å². The van der Waals surface area contributed by atoms with Crippen LogP contribution in [0.1, 0.15) is 17.0 Å². The maximum Gasteiger partial charge on any atom is 0.317 e. The minimum Gasteiger partial charge on any atom is -0.352 e. The summed E-state index contributed by atoms with van der Waals surface area (Å²) >= 11 is 6.28. The molecular formula is C30H28ClN7O. The van der Waals surface area contributed by atoms with E-state index in [0.29, 0.717) is 44.2 Å². The number of anilines is 1. The van der Waals surface area contributed by atoms with Crippen molar-refractivity contribution in [3.63, 3.8) is 0 Å². The Morgan fingerprint density at radius 3 is 2.28 bits per heavy atom. The quantitative estimate of drug-likeness (QED) is 0.326. The van der Waals surface area contributed by atoms with Crippen molar-refractivity contribution < 1.29 is 4.79 Å². The second kappa shape index (κ2) is 11.1. The number of fused-ring (bicyclic) bond motifs is 1. The lowest BCUT2D eigenvalue weighted by atomic mass is 10.1. The Hall–Kier alpha value is -4.43. The zero-order valence-corrected chi connectivity index (χ0v) is 22.1. The van der Waals surface area contributed by atoms with Gasteiger partial charge in [-0.05, 0) is 29.3 Å². The number of benzene rings is 3. The van der Waals surface area contributed by atoms with Crippen molar-refractivity contribution in [3.8, 4) is 5.69 Å². The van der Waals surface area contributed by atoms with Crippen LogP contribution in [0.4, 0.5) is 10.6 Å². The Bertz CT molecular complexity index is 1580. The molecule has 6 rings (SSSR count). The number of hydrogen-bond acceptors (Lipinski definition) is 5. The van der Waals surface area contributed by atoms with Crippen LogP contribution >= 0.6 is 11.6 Å². The van der Waals surface area contributed by atoms with E-state index in [1.807, 2.05) is 88.6 Å².